The molecule has 1 aliphatic heterocycles. The summed E-state index contributed by atoms with van der Waals surface area (Å²) in [6.45, 7) is 3.11. The number of likely N-dealkylation sites (tertiary alicyclic amines) is 1. The molecule has 1 aromatic carbocycles. The highest BCUT2D eigenvalue weighted by molar-refractivity contribution is 5.95. The number of nitrogens with zero attached hydrogens (tertiary/aromatic N) is 4. The Morgan fingerprint density at radius 3 is 2.31 bits per heavy atom. The van der Waals surface area contributed by atoms with Crippen LogP contribution in [-0.2, 0) is 0 Å². The van der Waals surface area contributed by atoms with Crippen molar-refractivity contribution in [2.75, 3.05) is 34.4 Å². The van der Waals surface area contributed by atoms with Gasteiger partial charge in [-0.25, -0.2) is 0 Å². The average Bonchev–Trinajstić information content (AvgIpc) is 3.33. The van der Waals surface area contributed by atoms with Crippen LogP contribution in [0.5, 0.6) is 17.2 Å². The van der Waals surface area contributed by atoms with E-state index in [1.165, 1.54) is 21.3 Å². The third-order valence-corrected chi connectivity index (χ3v) is 5.66. The lowest BCUT2D eigenvalue weighted by Crippen LogP contribution is -2.38. The van der Waals surface area contributed by atoms with Crippen molar-refractivity contribution in [1.82, 2.24) is 20.0 Å². The third kappa shape index (κ3) is 4.23. The molecule has 9 heteroatoms. The second-order valence-corrected chi connectivity index (χ2v) is 7.63. The Balaban J connectivity index is 1.44. The summed E-state index contributed by atoms with van der Waals surface area (Å²) in [6, 6.07) is 7.18. The molecule has 0 atom stereocenters. The van der Waals surface area contributed by atoms with E-state index in [0.717, 1.165) is 24.1 Å². The molecule has 3 aromatic rings. The molecular weight excluding hydrogens is 412 g/mol. The fraction of sp³-hybridized carbons (Fsp3) is 0.391. The Bertz CT molecular complexity index is 1060. The number of amides is 1. The van der Waals surface area contributed by atoms with Gasteiger partial charge < -0.3 is 23.6 Å². The van der Waals surface area contributed by atoms with Crippen molar-refractivity contribution in [3.8, 4) is 28.7 Å². The first-order chi connectivity index (χ1) is 15.5. The first-order valence-electron chi connectivity index (χ1n) is 10.4. The maximum atomic E-state index is 13.1. The minimum absolute atomic E-state index is 0.0813. The number of hydrogen-bond acceptors (Lipinski definition) is 8. The van der Waals surface area contributed by atoms with Gasteiger partial charge in [-0.15, -0.1) is 0 Å². The molecule has 2 aromatic heterocycles. The topological polar surface area (TPSA) is 99.8 Å². The molecule has 0 saturated carbocycles. The number of aryl methyl sites for hydroxylation is 1. The minimum atomic E-state index is -0.0813. The first-order valence-corrected chi connectivity index (χ1v) is 10.4. The number of benzene rings is 1. The molecular formula is C23H26N4O5. The van der Waals surface area contributed by atoms with E-state index in [9.17, 15) is 4.79 Å². The molecule has 1 amide bonds. The number of pyridine rings is 1. The van der Waals surface area contributed by atoms with Gasteiger partial charge in [0.15, 0.2) is 17.3 Å². The smallest absolute Gasteiger partial charge is 0.259 e. The predicted octanol–water partition coefficient (Wildman–Crippen LogP) is 3.49. The zero-order valence-electron chi connectivity index (χ0n) is 18.6. The van der Waals surface area contributed by atoms with Crippen molar-refractivity contribution in [2.45, 2.75) is 25.7 Å². The van der Waals surface area contributed by atoms with Gasteiger partial charge in [0.2, 0.25) is 5.75 Å². The zero-order chi connectivity index (χ0) is 22.7. The van der Waals surface area contributed by atoms with Crippen LogP contribution >= 0.6 is 0 Å². The Morgan fingerprint density at radius 2 is 1.75 bits per heavy atom. The number of ether oxygens (including phenoxy) is 3. The number of piperidine rings is 1. The summed E-state index contributed by atoms with van der Waals surface area (Å²) in [5.41, 5.74) is 2.22. The van der Waals surface area contributed by atoms with Crippen LogP contribution in [-0.4, -0.2) is 60.4 Å². The minimum Gasteiger partial charge on any atom is -0.493 e. The fourth-order valence-corrected chi connectivity index (χ4v) is 3.84. The number of methoxy groups -OCH3 is 3. The van der Waals surface area contributed by atoms with Gasteiger partial charge in [0, 0.05) is 36.5 Å². The van der Waals surface area contributed by atoms with Gasteiger partial charge in [0.25, 0.3) is 11.8 Å². The molecule has 1 aliphatic rings. The van der Waals surface area contributed by atoms with Crippen LogP contribution < -0.4 is 14.2 Å². The molecule has 1 saturated heterocycles. The van der Waals surface area contributed by atoms with E-state index in [1.807, 2.05) is 24.0 Å². The number of aromatic nitrogens is 3. The van der Waals surface area contributed by atoms with Crippen LogP contribution in [0.3, 0.4) is 0 Å². The molecule has 0 aliphatic carbocycles. The SMILES string of the molecule is COc1cc(C(=O)N2CCC(c3noc(-c4ccc(C)nc4)n3)CC2)cc(OC)c1OC. The van der Waals surface area contributed by atoms with Gasteiger partial charge in [0.1, 0.15) is 0 Å². The summed E-state index contributed by atoms with van der Waals surface area (Å²) in [7, 11) is 4.59. The maximum absolute atomic E-state index is 13.1. The number of rotatable bonds is 6. The van der Waals surface area contributed by atoms with Crippen molar-refractivity contribution < 1.29 is 23.5 Å². The van der Waals surface area contributed by atoms with Crippen LogP contribution in [0.1, 0.15) is 40.6 Å². The van der Waals surface area contributed by atoms with Crippen molar-refractivity contribution in [3.05, 3.63) is 47.5 Å². The molecule has 0 unspecified atom stereocenters. The highest BCUT2D eigenvalue weighted by atomic mass is 16.5. The second kappa shape index (κ2) is 9.25. The Kier molecular flexibility index (Phi) is 6.25. The summed E-state index contributed by atoms with van der Waals surface area (Å²) >= 11 is 0. The summed E-state index contributed by atoms with van der Waals surface area (Å²) in [5, 5.41) is 4.17. The highest BCUT2D eigenvalue weighted by Gasteiger charge is 2.29. The van der Waals surface area contributed by atoms with Gasteiger partial charge in [-0.2, -0.15) is 4.98 Å². The van der Waals surface area contributed by atoms with E-state index in [2.05, 4.69) is 15.1 Å². The molecule has 0 N–H and O–H groups in total. The van der Waals surface area contributed by atoms with E-state index in [0.29, 0.717) is 47.6 Å². The van der Waals surface area contributed by atoms with Crippen LogP contribution in [0.4, 0.5) is 0 Å². The molecule has 0 spiro atoms. The predicted molar refractivity (Wildman–Crippen MR) is 116 cm³/mol. The Hall–Kier alpha value is -3.62. The van der Waals surface area contributed by atoms with E-state index in [-0.39, 0.29) is 11.8 Å². The zero-order valence-corrected chi connectivity index (χ0v) is 18.6. The lowest BCUT2D eigenvalue weighted by Gasteiger charge is -2.31. The van der Waals surface area contributed by atoms with E-state index >= 15 is 0 Å². The number of carbonyl (C=O) groups excluding carboxylic acids is 1. The summed E-state index contributed by atoms with van der Waals surface area (Å²) in [6.07, 6.45) is 3.23. The monoisotopic (exact) mass is 438 g/mol. The van der Waals surface area contributed by atoms with Gasteiger partial charge in [-0.05, 0) is 44.0 Å². The van der Waals surface area contributed by atoms with Gasteiger partial charge in [-0.3, -0.25) is 9.78 Å². The van der Waals surface area contributed by atoms with Crippen LogP contribution in [0.15, 0.2) is 35.0 Å². The molecule has 32 heavy (non-hydrogen) atoms. The highest BCUT2D eigenvalue weighted by Crippen LogP contribution is 2.39. The lowest BCUT2D eigenvalue weighted by atomic mass is 9.95. The molecule has 4 rings (SSSR count). The fourth-order valence-electron chi connectivity index (χ4n) is 3.84. The summed E-state index contributed by atoms with van der Waals surface area (Å²) in [5.74, 6) is 2.55. The molecule has 0 bridgehead atoms. The van der Waals surface area contributed by atoms with E-state index in [4.69, 9.17) is 18.7 Å². The van der Waals surface area contributed by atoms with Crippen LogP contribution in [0.25, 0.3) is 11.5 Å². The van der Waals surface area contributed by atoms with Gasteiger partial charge in [-0.1, -0.05) is 5.16 Å². The van der Waals surface area contributed by atoms with Crippen molar-refractivity contribution in [2.24, 2.45) is 0 Å². The molecule has 0 radical (unpaired) electrons. The van der Waals surface area contributed by atoms with Crippen molar-refractivity contribution in [3.63, 3.8) is 0 Å². The number of hydrogen-bond donors (Lipinski definition) is 0. The normalized spacial score (nSPS) is 14.3. The van der Waals surface area contributed by atoms with Crippen LogP contribution in [0.2, 0.25) is 0 Å². The van der Waals surface area contributed by atoms with E-state index < -0.39 is 0 Å². The lowest BCUT2D eigenvalue weighted by molar-refractivity contribution is 0.0709. The van der Waals surface area contributed by atoms with Crippen LogP contribution in [0, 0.1) is 6.92 Å². The van der Waals surface area contributed by atoms with Gasteiger partial charge >= 0.3 is 0 Å². The Morgan fingerprint density at radius 1 is 1.06 bits per heavy atom. The quantitative estimate of drug-likeness (QED) is 0.577. The second-order valence-electron chi connectivity index (χ2n) is 7.63. The largest absolute Gasteiger partial charge is 0.493 e. The van der Waals surface area contributed by atoms with E-state index in [1.54, 1.807) is 18.3 Å². The summed E-state index contributed by atoms with van der Waals surface area (Å²) < 4.78 is 21.5. The third-order valence-electron chi connectivity index (χ3n) is 5.66. The number of carbonyl (C=O) groups is 1. The Labute approximate surface area is 186 Å². The van der Waals surface area contributed by atoms with Gasteiger partial charge in [0.05, 0.1) is 26.9 Å². The molecule has 9 nitrogen and oxygen atoms in total. The molecule has 3 heterocycles. The average molecular weight is 438 g/mol. The van der Waals surface area contributed by atoms with Crippen molar-refractivity contribution >= 4 is 5.91 Å². The summed E-state index contributed by atoms with van der Waals surface area (Å²) in [4.78, 5) is 23.8. The molecule has 168 valence electrons. The molecule has 1 fully saturated rings. The standard InChI is InChI=1S/C23H26N4O5/c1-14-5-6-16(13-24-14)22-25-21(26-32-22)15-7-9-27(10-8-15)23(28)17-11-18(29-2)20(31-4)19(12-17)30-3/h5-6,11-13,15H,7-10H2,1-4H3. The van der Waals surface area contributed by atoms with Crippen molar-refractivity contribution in [1.29, 1.82) is 0 Å². The maximum Gasteiger partial charge on any atom is 0.259 e. The first kappa shape index (κ1) is 21.6.